The van der Waals surface area contributed by atoms with Crippen LogP contribution in [-0.4, -0.2) is 24.7 Å². The van der Waals surface area contributed by atoms with E-state index in [1.54, 1.807) is 7.11 Å². The molecule has 0 saturated heterocycles. The van der Waals surface area contributed by atoms with Crippen LogP contribution in [0.25, 0.3) is 0 Å². The van der Waals surface area contributed by atoms with Crippen LogP contribution in [0.15, 0.2) is 48.7 Å². The molecule has 5 nitrogen and oxygen atoms in total. The summed E-state index contributed by atoms with van der Waals surface area (Å²) in [5.74, 6) is -0.692. The van der Waals surface area contributed by atoms with Gasteiger partial charge in [0.2, 0.25) is 0 Å². The minimum absolute atomic E-state index is 0.108. The van der Waals surface area contributed by atoms with Gasteiger partial charge >= 0.3 is 6.03 Å². The summed E-state index contributed by atoms with van der Waals surface area (Å²) < 4.78 is 18.7. The van der Waals surface area contributed by atoms with Crippen molar-refractivity contribution in [1.82, 2.24) is 10.3 Å². The summed E-state index contributed by atoms with van der Waals surface area (Å²) in [6, 6.07) is 11.7. The first kappa shape index (κ1) is 14.9. The second-order valence-electron chi connectivity index (χ2n) is 4.30. The van der Waals surface area contributed by atoms with E-state index in [-0.39, 0.29) is 18.5 Å². The standard InChI is InChI=1S/C15H16FN3O2/c1-21-13(11-6-3-2-4-7-11)10-18-15(20)19-14-12(16)8-5-9-17-14/h2-9,13H,10H2,1H3,(H2,17,18,19,20)/t13-/m1/s1. The van der Waals surface area contributed by atoms with E-state index in [0.717, 1.165) is 5.56 Å². The van der Waals surface area contributed by atoms with Crippen LogP contribution in [0.2, 0.25) is 0 Å². The van der Waals surface area contributed by atoms with Crippen LogP contribution in [0.4, 0.5) is 15.0 Å². The number of carbonyl (C=O) groups is 1. The molecular formula is C15H16FN3O2. The third kappa shape index (κ3) is 4.25. The number of benzene rings is 1. The quantitative estimate of drug-likeness (QED) is 0.889. The minimum atomic E-state index is -0.584. The van der Waals surface area contributed by atoms with E-state index in [9.17, 15) is 9.18 Å². The SMILES string of the molecule is CO[C@H](CNC(=O)Nc1ncccc1F)c1ccccc1. The highest BCUT2D eigenvalue weighted by Gasteiger charge is 2.12. The van der Waals surface area contributed by atoms with Crippen LogP contribution in [0.1, 0.15) is 11.7 Å². The molecular weight excluding hydrogens is 273 g/mol. The molecule has 0 aliphatic carbocycles. The molecule has 1 atom stereocenters. The van der Waals surface area contributed by atoms with E-state index in [1.807, 2.05) is 30.3 Å². The molecule has 2 N–H and O–H groups in total. The van der Waals surface area contributed by atoms with E-state index in [4.69, 9.17) is 4.74 Å². The van der Waals surface area contributed by atoms with Gasteiger partial charge < -0.3 is 10.1 Å². The minimum Gasteiger partial charge on any atom is -0.375 e. The number of ether oxygens (including phenoxy) is 1. The van der Waals surface area contributed by atoms with Gasteiger partial charge in [0, 0.05) is 19.9 Å². The topological polar surface area (TPSA) is 63.2 Å². The smallest absolute Gasteiger partial charge is 0.320 e. The van der Waals surface area contributed by atoms with Crippen molar-refractivity contribution >= 4 is 11.8 Å². The predicted molar refractivity (Wildman–Crippen MR) is 77.4 cm³/mol. The lowest BCUT2D eigenvalue weighted by Gasteiger charge is -2.16. The average Bonchev–Trinajstić information content (AvgIpc) is 2.51. The summed E-state index contributed by atoms with van der Waals surface area (Å²) in [6.45, 7) is 0.265. The van der Waals surface area contributed by atoms with Gasteiger partial charge in [-0.2, -0.15) is 0 Å². The number of methoxy groups -OCH3 is 1. The Bertz CT molecular complexity index is 592. The zero-order valence-corrected chi connectivity index (χ0v) is 11.5. The highest BCUT2D eigenvalue weighted by atomic mass is 19.1. The van der Waals surface area contributed by atoms with Gasteiger partial charge in [0.25, 0.3) is 0 Å². The lowest BCUT2D eigenvalue weighted by molar-refractivity contribution is 0.104. The molecule has 2 rings (SSSR count). The molecule has 0 unspecified atom stereocenters. The van der Waals surface area contributed by atoms with Gasteiger partial charge in [-0.3, -0.25) is 5.32 Å². The lowest BCUT2D eigenvalue weighted by atomic mass is 10.1. The van der Waals surface area contributed by atoms with Gasteiger partial charge in [-0.25, -0.2) is 14.2 Å². The number of anilines is 1. The molecule has 1 aromatic carbocycles. The average molecular weight is 289 g/mol. The number of nitrogens with zero attached hydrogens (tertiary/aromatic N) is 1. The third-order valence-electron chi connectivity index (χ3n) is 2.89. The Labute approximate surface area is 122 Å². The summed E-state index contributed by atoms with van der Waals surface area (Å²) in [7, 11) is 1.57. The molecule has 110 valence electrons. The monoisotopic (exact) mass is 289 g/mol. The first-order valence-corrected chi connectivity index (χ1v) is 6.44. The van der Waals surface area contributed by atoms with Crippen molar-refractivity contribution < 1.29 is 13.9 Å². The summed E-state index contributed by atoms with van der Waals surface area (Å²) in [5.41, 5.74) is 0.948. The fraction of sp³-hybridized carbons (Fsp3) is 0.200. The van der Waals surface area contributed by atoms with Gasteiger partial charge in [-0.05, 0) is 17.7 Å². The summed E-state index contributed by atoms with van der Waals surface area (Å²) >= 11 is 0. The van der Waals surface area contributed by atoms with Crippen molar-refractivity contribution in [3.05, 3.63) is 60.0 Å². The number of nitrogens with one attached hydrogen (secondary N) is 2. The van der Waals surface area contributed by atoms with Crippen molar-refractivity contribution in [2.45, 2.75) is 6.10 Å². The zero-order chi connectivity index (χ0) is 15.1. The highest BCUT2D eigenvalue weighted by molar-refractivity contribution is 5.88. The largest absolute Gasteiger partial charge is 0.375 e. The Kier molecular flexibility index (Phi) is 5.22. The van der Waals surface area contributed by atoms with Crippen molar-refractivity contribution in [3.8, 4) is 0 Å². The number of pyridine rings is 1. The molecule has 21 heavy (non-hydrogen) atoms. The second kappa shape index (κ2) is 7.35. The van der Waals surface area contributed by atoms with Crippen LogP contribution in [-0.2, 0) is 4.74 Å². The number of rotatable bonds is 5. The van der Waals surface area contributed by atoms with Crippen molar-refractivity contribution in [3.63, 3.8) is 0 Å². The van der Waals surface area contributed by atoms with Gasteiger partial charge in [0.1, 0.15) is 0 Å². The van der Waals surface area contributed by atoms with E-state index >= 15 is 0 Å². The summed E-state index contributed by atoms with van der Waals surface area (Å²) in [4.78, 5) is 15.5. The number of amides is 2. The fourth-order valence-electron chi connectivity index (χ4n) is 1.82. The summed E-state index contributed by atoms with van der Waals surface area (Å²) in [6.07, 6.45) is 1.13. The Morgan fingerprint density at radius 1 is 1.29 bits per heavy atom. The second-order valence-corrected chi connectivity index (χ2v) is 4.30. The van der Waals surface area contributed by atoms with Crippen LogP contribution in [0.5, 0.6) is 0 Å². The molecule has 6 heteroatoms. The molecule has 0 spiro atoms. The van der Waals surface area contributed by atoms with Crippen LogP contribution in [0.3, 0.4) is 0 Å². The van der Waals surface area contributed by atoms with Gasteiger partial charge in [0.15, 0.2) is 11.6 Å². The molecule has 2 aromatic rings. The lowest BCUT2D eigenvalue weighted by Crippen LogP contribution is -2.33. The van der Waals surface area contributed by atoms with Gasteiger partial charge in [0.05, 0.1) is 6.10 Å². The zero-order valence-electron chi connectivity index (χ0n) is 11.5. The molecule has 0 radical (unpaired) electrons. The normalized spacial score (nSPS) is 11.7. The molecule has 0 aliphatic heterocycles. The van der Waals surface area contributed by atoms with E-state index < -0.39 is 11.8 Å². The van der Waals surface area contributed by atoms with Crippen LogP contribution in [0, 0.1) is 5.82 Å². The van der Waals surface area contributed by atoms with Crippen molar-refractivity contribution in [2.75, 3.05) is 19.0 Å². The maximum atomic E-state index is 13.4. The predicted octanol–water partition coefficient (Wildman–Crippen LogP) is 2.73. The molecule has 2 amide bonds. The van der Waals surface area contributed by atoms with Crippen molar-refractivity contribution in [1.29, 1.82) is 0 Å². The fourth-order valence-corrected chi connectivity index (χ4v) is 1.82. The van der Waals surface area contributed by atoms with Crippen LogP contribution < -0.4 is 10.6 Å². The molecule has 0 fully saturated rings. The van der Waals surface area contributed by atoms with Gasteiger partial charge in [-0.1, -0.05) is 30.3 Å². The maximum Gasteiger partial charge on any atom is 0.320 e. The maximum absolute atomic E-state index is 13.4. The van der Waals surface area contributed by atoms with Crippen LogP contribution >= 0.6 is 0 Å². The molecule has 0 aliphatic rings. The number of hydrogen-bond donors (Lipinski definition) is 2. The number of aromatic nitrogens is 1. The Morgan fingerprint density at radius 3 is 2.71 bits per heavy atom. The molecule has 1 heterocycles. The van der Waals surface area contributed by atoms with E-state index in [1.165, 1.54) is 18.3 Å². The Hall–Kier alpha value is -2.47. The van der Waals surface area contributed by atoms with Crippen molar-refractivity contribution in [2.24, 2.45) is 0 Å². The molecule has 0 bridgehead atoms. The van der Waals surface area contributed by atoms with E-state index in [0.29, 0.717) is 0 Å². The Morgan fingerprint density at radius 2 is 2.05 bits per heavy atom. The van der Waals surface area contributed by atoms with E-state index in [2.05, 4.69) is 15.6 Å². The Balaban J connectivity index is 1.90. The number of urea groups is 1. The molecule has 1 aromatic heterocycles. The van der Waals surface area contributed by atoms with Gasteiger partial charge in [-0.15, -0.1) is 0 Å². The molecule has 0 saturated carbocycles. The number of carbonyl (C=O) groups excluding carboxylic acids is 1. The third-order valence-corrected chi connectivity index (χ3v) is 2.89. The first-order valence-electron chi connectivity index (χ1n) is 6.44. The summed E-state index contributed by atoms with van der Waals surface area (Å²) in [5, 5.41) is 4.98. The number of hydrogen-bond acceptors (Lipinski definition) is 3. The highest BCUT2D eigenvalue weighted by Crippen LogP contribution is 2.15. The number of halogens is 1. The first-order chi connectivity index (χ1) is 10.2.